The van der Waals surface area contributed by atoms with Gasteiger partial charge in [-0.3, -0.25) is 0 Å². The summed E-state index contributed by atoms with van der Waals surface area (Å²) in [5.74, 6) is 0.506. The predicted octanol–water partition coefficient (Wildman–Crippen LogP) is 3.04. The molecule has 0 aliphatic rings. The lowest BCUT2D eigenvalue weighted by Gasteiger charge is -2.08. The zero-order valence-electron chi connectivity index (χ0n) is 11.3. The van der Waals surface area contributed by atoms with Crippen LogP contribution >= 0.6 is 0 Å². The number of hydrogen-bond acceptors (Lipinski definition) is 4. The molecule has 2 aromatic rings. The average molecular weight is 299 g/mol. The van der Waals surface area contributed by atoms with Crippen LogP contribution in [0.5, 0.6) is 0 Å². The van der Waals surface area contributed by atoms with Crippen molar-refractivity contribution in [3.05, 3.63) is 47.3 Å². The lowest BCUT2D eigenvalue weighted by atomic mass is 10.1. The van der Waals surface area contributed by atoms with Gasteiger partial charge in [-0.1, -0.05) is 23.4 Å². The van der Waals surface area contributed by atoms with Gasteiger partial charge in [0.1, 0.15) is 0 Å². The molecule has 0 unspecified atom stereocenters. The van der Waals surface area contributed by atoms with E-state index in [4.69, 9.17) is 10.3 Å². The number of halogens is 3. The fourth-order valence-corrected chi connectivity index (χ4v) is 1.90. The molecule has 1 aromatic heterocycles. The highest BCUT2D eigenvalue weighted by Crippen LogP contribution is 2.30. The minimum absolute atomic E-state index is 0.245. The number of nitrogens with one attached hydrogen (secondary N) is 1. The van der Waals surface area contributed by atoms with Gasteiger partial charge in [0.2, 0.25) is 0 Å². The lowest BCUT2D eigenvalue weighted by Crippen LogP contribution is -2.09. The molecule has 4 nitrogen and oxygen atoms in total. The Morgan fingerprint density at radius 2 is 2.10 bits per heavy atom. The molecule has 0 bridgehead atoms. The van der Waals surface area contributed by atoms with E-state index in [1.165, 1.54) is 12.3 Å². The summed E-state index contributed by atoms with van der Waals surface area (Å²) < 4.78 is 43.1. The maximum atomic E-state index is 12.7. The highest BCUT2D eigenvalue weighted by Gasteiger charge is 2.30. The number of anilines is 1. The molecule has 0 amide bonds. The van der Waals surface area contributed by atoms with Gasteiger partial charge in [-0.2, -0.15) is 13.2 Å². The second-order valence-corrected chi connectivity index (χ2v) is 4.61. The molecule has 0 saturated carbocycles. The molecule has 0 aliphatic heterocycles. The van der Waals surface area contributed by atoms with Crippen LogP contribution in [0.1, 0.15) is 23.3 Å². The quantitative estimate of drug-likeness (QED) is 0.805. The molecule has 114 valence electrons. The Kier molecular flexibility index (Phi) is 4.85. The Morgan fingerprint density at radius 3 is 2.81 bits per heavy atom. The fourth-order valence-electron chi connectivity index (χ4n) is 1.90. The molecule has 0 atom stereocenters. The third-order valence-corrected chi connectivity index (χ3v) is 2.96. The Morgan fingerprint density at radius 1 is 1.29 bits per heavy atom. The zero-order valence-corrected chi connectivity index (χ0v) is 11.3. The number of nitrogens with zero attached hydrogens (tertiary/aromatic N) is 1. The summed E-state index contributed by atoms with van der Waals surface area (Å²) in [6.07, 6.45) is -1.80. The third-order valence-electron chi connectivity index (χ3n) is 2.96. The van der Waals surface area contributed by atoms with Gasteiger partial charge in [0, 0.05) is 13.0 Å². The van der Waals surface area contributed by atoms with Crippen molar-refractivity contribution in [2.45, 2.75) is 19.0 Å². The Balaban J connectivity index is 2.10. The summed E-state index contributed by atoms with van der Waals surface area (Å²) >= 11 is 0. The van der Waals surface area contributed by atoms with E-state index in [1.54, 1.807) is 6.07 Å². The first kappa shape index (κ1) is 15.4. The summed E-state index contributed by atoms with van der Waals surface area (Å²) in [7, 11) is 0. The Hall–Kier alpha value is -2.02. The maximum absolute atomic E-state index is 12.7. The number of alkyl halides is 3. The van der Waals surface area contributed by atoms with Crippen molar-refractivity contribution < 1.29 is 17.7 Å². The first-order valence-electron chi connectivity index (χ1n) is 6.54. The fraction of sp³-hybridized carbons (Fsp3) is 0.357. The normalized spacial score (nSPS) is 11.6. The summed E-state index contributed by atoms with van der Waals surface area (Å²) in [4.78, 5) is 0. The van der Waals surface area contributed by atoms with Crippen LogP contribution in [-0.4, -0.2) is 18.2 Å². The van der Waals surface area contributed by atoms with E-state index in [2.05, 4.69) is 10.5 Å². The zero-order chi connectivity index (χ0) is 15.3. The van der Waals surface area contributed by atoms with Crippen LogP contribution in [-0.2, 0) is 12.6 Å². The highest BCUT2D eigenvalue weighted by molar-refractivity contribution is 5.46. The molecule has 0 fully saturated rings. The molecule has 0 radical (unpaired) electrons. The maximum Gasteiger partial charge on any atom is 0.416 e. The summed E-state index contributed by atoms with van der Waals surface area (Å²) in [6, 6.07) is 5.17. The average Bonchev–Trinajstić information content (AvgIpc) is 2.86. The van der Waals surface area contributed by atoms with Crippen molar-refractivity contribution in [3.8, 4) is 0 Å². The second-order valence-electron chi connectivity index (χ2n) is 4.61. The minimum Gasteiger partial charge on any atom is -0.381 e. The smallest absolute Gasteiger partial charge is 0.381 e. The van der Waals surface area contributed by atoms with Gasteiger partial charge in [-0.05, 0) is 24.6 Å². The first-order chi connectivity index (χ1) is 10.0. The van der Waals surface area contributed by atoms with E-state index in [1.807, 2.05) is 0 Å². The predicted molar refractivity (Wildman–Crippen MR) is 72.9 cm³/mol. The van der Waals surface area contributed by atoms with E-state index in [-0.39, 0.29) is 6.42 Å². The van der Waals surface area contributed by atoms with Crippen LogP contribution < -0.4 is 11.1 Å². The molecule has 3 N–H and O–H groups in total. The van der Waals surface area contributed by atoms with Crippen LogP contribution in [0.15, 0.2) is 35.0 Å². The van der Waals surface area contributed by atoms with Gasteiger partial charge < -0.3 is 15.6 Å². The van der Waals surface area contributed by atoms with Gasteiger partial charge >= 0.3 is 6.18 Å². The van der Waals surface area contributed by atoms with Crippen LogP contribution in [0.2, 0.25) is 0 Å². The van der Waals surface area contributed by atoms with Crippen molar-refractivity contribution in [2.24, 2.45) is 5.73 Å². The van der Waals surface area contributed by atoms with E-state index >= 15 is 0 Å². The molecule has 0 saturated heterocycles. The molecule has 1 aromatic carbocycles. The van der Waals surface area contributed by atoms with E-state index < -0.39 is 11.7 Å². The molecule has 21 heavy (non-hydrogen) atoms. The summed E-state index contributed by atoms with van der Waals surface area (Å²) in [6.45, 7) is 1.22. The standard InChI is InChI=1S/C14H16F3N3O/c15-14(16,17)11-4-1-3-10(7-11)8-13-12(9-20-21-13)19-6-2-5-18/h1,3-4,7,9,19H,2,5-6,8,18H2. The summed E-state index contributed by atoms with van der Waals surface area (Å²) in [5.41, 5.74) is 5.93. The second kappa shape index (κ2) is 6.62. The molecule has 2 rings (SSSR count). The van der Waals surface area contributed by atoms with Gasteiger partial charge in [0.15, 0.2) is 5.76 Å². The molecule has 0 spiro atoms. The van der Waals surface area contributed by atoms with Crippen molar-refractivity contribution in [1.82, 2.24) is 5.16 Å². The van der Waals surface area contributed by atoms with Crippen LogP contribution in [0.3, 0.4) is 0 Å². The molecular weight excluding hydrogens is 283 g/mol. The molecule has 0 aliphatic carbocycles. The van der Waals surface area contributed by atoms with Crippen molar-refractivity contribution in [2.75, 3.05) is 18.4 Å². The molecule has 7 heteroatoms. The highest BCUT2D eigenvalue weighted by atomic mass is 19.4. The lowest BCUT2D eigenvalue weighted by molar-refractivity contribution is -0.137. The van der Waals surface area contributed by atoms with Gasteiger partial charge in [-0.25, -0.2) is 0 Å². The number of nitrogens with two attached hydrogens (primary N) is 1. The van der Waals surface area contributed by atoms with E-state index in [0.29, 0.717) is 30.1 Å². The van der Waals surface area contributed by atoms with Crippen LogP contribution in [0, 0.1) is 0 Å². The summed E-state index contributed by atoms with van der Waals surface area (Å²) in [5, 5.41) is 6.78. The van der Waals surface area contributed by atoms with Gasteiger partial charge in [0.05, 0.1) is 17.4 Å². The van der Waals surface area contributed by atoms with Crippen LogP contribution in [0.25, 0.3) is 0 Å². The van der Waals surface area contributed by atoms with E-state index in [0.717, 1.165) is 18.6 Å². The minimum atomic E-state index is -4.35. The van der Waals surface area contributed by atoms with Crippen molar-refractivity contribution in [3.63, 3.8) is 0 Å². The number of aromatic nitrogens is 1. The largest absolute Gasteiger partial charge is 0.416 e. The SMILES string of the molecule is NCCCNc1cnoc1Cc1cccc(C(F)(F)F)c1. The topological polar surface area (TPSA) is 64.1 Å². The first-order valence-corrected chi connectivity index (χ1v) is 6.54. The van der Waals surface area contributed by atoms with Gasteiger partial charge in [-0.15, -0.1) is 0 Å². The monoisotopic (exact) mass is 299 g/mol. The van der Waals surface area contributed by atoms with Crippen LogP contribution in [0.4, 0.5) is 18.9 Å². The molecular formula is C14H16F3N3O. The van der Waals surface area contributed by atoms with Crippen molar-refractivity contribution >= 4 is 5.69 Å². The number of rotatable bonds is 6. The number of benzene rings is 1. The number of hydrogen-bond donors (Lipinski definition) is 2. The third kappa shape index (κ3) is 4.22. The Bertz CT molecular complexity index is 581. The Labute approximate surface area is 120 Å². The van der Waals surface area contributed by atoms with E-state index in [9.17, 15) is 13.2 Å². The molecule has 1 heterocycles. The van der Waals surface area contributed by atoms with Crippen molar-refractivity contribution in [1.29, 1.82) is 0 Å². The van der Waals surface area contributed by atoms with Gasteiger partial charge in [0.25, 0.3) is 0 Å².